The number of carbonyl (C=O) groups excluding carboxylic acids is 1. The Balaban J connectivity index is 3.04. The largest absolute Gasteiger partial charge is 0.502 e. The lowest BCUT2D eigenvalue weighted by Gasteiger charge is -2.03. The van der Waals surface area contributed by atoms with Gasteiger partial charge >= 0.3 is 5.97 Å². The van der Waals surface area contributed by atoms with E-state index in [0.717, 1.165) is 38.7 Å². The Morgan fingerprint density at radius 1 is 1.20 bits per heavy atom. The predicted octanol–water partition coefficient (Wildman–Crippen LogP) is 3.05. The molecule has 3 heteroatoms. The summed E-state index contributed by atoms with van der Waals surface area (Å²) >= 11 is 0. The fourth-order valence-corrected chi connectivity index (χ4v) is 1.19. The van der Waals surface area contributed by atoms with E-state index in [9.17, 15) is 4.79 Å². The Morgan fingerprint density at radius 3 is 2.47 bits per heavy atom. The van der Waals surface area contributed by atoms with Crippen LogP contribution in [0.15, 0.2) is 12.8 Å². The third-order valence-corrected chi connectivity index (χ3v) is 1.99. The van der Waals surface area contributed by atoms with Crippen molar-refractivity contribution in [2.24, 2.45) is 0 Å². The van der Waals surface area contributed by atoms with Crippen molar-refractivity contribution in [3.05, 3.63) is 12.8 Å². The summed E-state index contributed by atoms with van der Waals surface area (Å²) in [4.78, 5) is 11.0. The molecule has 0 aromatic heterocycles. The van der Waals surface area contributed by atoms with E-state index in [1.54, 1.807) is 0 Å². The quantitative estimate of drug-likeness (QED) is 0.318. The van der Waals surface area contributed by atoms with Crippen LogP contribution in [0.4, 0.5) is 0 Å². The van der Waals surface area contributed by atoms with Gasteiger partial charge in [0.1, 0.15) is 0 Å². The van der Waals surface area contributed by atoms with Crippen molar-refractivity contribution in [1.82, 2.24) is 0 Å². The minimum atomic E-state index is -0.0764. The molecule has 0 unspecified atom stereocenters. The highest BCUT2D eigenvalue weighted by molar-refractivity contribution is 5.69. The van der Waals surface area contributed by atoms with Gasteiger partial charge in [0, 0.05) is 6.42 Å². The molecule has 0 spiro atoms. The summed E-state index contributed by atoms with van der Waals surface area (Å²) in [5, 5.41) is 0. The first-order valence-electron chi connectivity index (χ1n) is 5.69. The van der Waals surface area contributed by atoms with Crippen molar-refractivity contribution in [3.63, 3.8) is 0 Å². The van der Waals surface area contributed by atoms with Gasteiger partial charge in [-0.1, -0.05) is 13.5 Å². The van der Waals surface area contributed by atoms with E-state index in [2.05, 4.69) is 6.58 Å². The first kappa shape index (κ1) is 14.0. The molecule has 88 valence electrons. The van der Waals surface area contributed by atoms with Gasteiger partial charge in [-0.05, 0) is 32.1 Å². The van der Waals surface area contributed by atoms with E-state index in [1.165, 1.54) is 6.26 Å². The summed E-state index contributed by atoms with van der Waals surface area (Å²) in [6, 6.07) is 0. The van der Waals surface area contributed by atoms with E-state index < -0.39 is 0 Å². The van der Waals surface area contributed by atoms with Crippen LogP contribution in [0.1, 0.15) is 45.4 Å². The maximum Gasteiger partial charge on any atom is 0.305 e. The number of hydrogen-bond donors (Lipinski definition) is 0. The zero-order chi connectivity index (χ0) is 11.4. The van der Waals surface area contributed by atoms with Crippen LogP contribution < -0.4 is 0 Å². The molecular weight excluding hydrogens is 192 g/mol. The summed E-state index contributed by atoms with van der Waals surface area (Å²) in [6.07, 6.45) is 7.04. The normalized spacial score (nSPS) is 9.67. The second-order valence-corrected chi connectivity index (χ2v) is 3.42. The predicted molar refractivity (Wildman–Crippen MR) is 60.5 cm³/mol. The molecule has 0 aliphatic carbocycles. The van der Waals surface area contributed by atoms with Crippen LogP contribution in [-0.4, -0.2) is 19.2 Å². The Kier molecular flexibility index (Phi) is 10.4. The minimum absolute atomic E-state index is 0.0764. The second-order valence-electron chi connectivity index (χ2n) is 3.42. The van der Waals surface area contributed by atoms with E-state index in [4.69, 9.17) is 9.47 Å². The highest BCUT2D eigenvalue weighted by Gasteiger charge is 1.99. The molecule has 0 amide bonds. The summed E-state index contributed by atoms with van der Waals surface area (Å²) < 4.78 is 10.0. The summed E-state index contributed by atoms with van der Waals surface area (Å²) in [7, 11) is 0. The van der Waals surface area contributed by atoms with E-state index >= 15 is 0 Å². The molecular formula is C12H22O3. The molecule has 0 fully saturated rings. The number of rotatable bonds is 10. The number of esters is 1. The van der Waals surface area contributed by atoms with Crippen LogP contribution in [0.2, 0.25) is 0 Å². The first-order chi connectivity index (χ1) is 7.31. The number of ether oxygens (including phenoxy) is 2. The SMILES string of the molecule is C=COCCCCCCOC(=O)CCC. The van der Waals surface area contributed by atoms with Crippen LogP contribution in [0, 0.1) is 0 Å². The smallest absolute Gasteiger partial charge is 0.305 e. The second kappa shape index (κ2) is 11.1. The fourth-order valence-electron chi connectivity index (χ4n) is 1.19. The number of hydrogen-bond acceptors (Lipinski definition) is 3. The molecule has 0 aromatic rings. The van der Waals surface area contributed by atoms with E-state index in [0.29, 0.717) is 13.0 Å². The average Bonchev–Trinajstić information content (AvgIpc) is 2.22. The van der Waals surface area contributed by atoms with Crippen LogP contribution in [-0.2, 0) is 14.3 Å². The van der Waals surface area contributed by atoms with Crippen molar-refractivity contribution >= 4 is 5.97 Å². The molecule has 0 saturated heterocycles. The Labute approximate surface area is 92.5 Å². The van der Waals surface area contributed by atoms with Gasteiger partial charge in [-0.3, -0.25) is 4.79 Å². The van der Waals surface area contributed by atoms with Gasteiger partial charge in [0.25, 0.3) is 0 Å². The van der Waals surface area contributed by atoms with E-state index in [-0.39, 0.29) is 5.97 Å². The molecule has 0 N–H and O–H groups in total. The molecule has 0 radical (unpaired) electrons. The Hall–Kier alpha value is -0.990. The molecule has 0 aliphatic rings. The standard InChI is InChI=1S/C12H22O3/c1-3-9-12(13)15-11-8-6-5-7-10-14-4-2/h4H,2-3,5-11H2,1H3. The molecule has 0 aromatic carbocycles. The van der Waals surface area contributed by atoms with Gasteiger partial charge in [-0.15, -0.1) is 0 Å². The highest BCUT2D eigenvalue weighted by atomic mass is 16.5. The van der Waals surface area contributed by atoms with Gasteiger partial charge < -0.3 is 9.47 Å². The molecule has 3 nitrogen and oxygen atoms in total. The maximum atomic E-state index is 11.0. The van der Waals surface area contributed by atoms with Gasteiger partial charge in [-0.2, -0.15) is 0 Å². The zero-order valence-electron chi connectivity index (χ0n) is 9.67. The van der Waals surface area contributed by atoms with Gasteiger partial charge in [0.05, 0.1) is 19.5 Å². The molecule has 0 bridgehead atoms. The molecule has 0 rings (SSSR count). The lowest BCUT2D eigenvalue weighted by atomic mass is 10.2. The monoisotopic (exact) mass is 214 g/mol. The molecule has 0 heterocycles. The lowest BCUT2D eigenvalue weighted by molar-refractivity contribution is -0.143. The first-order valence-corrected chi connectivity index (χ1v) is 5.69. The maximum absolute atomic E-state index is 11.0. The van der Waals surface area contributed by atoms with Crippen LogP contribution >= 0.6 is 0 Å². The third-order valence-electron chi connectivity index (χ3n) is 1.99. The van der Waals surface area contributed by atoms with Gasteiger partial charge in [-0.25, -0.2) is 0 Å². The van der Waals surface area contributed by atoms with Crippen LogP contribution in [0.25, 0.3) is 0 Å². The molecule has 0 atom stereocenters. The minimum Gasteiger partial charge on any atom is -0.502 e. The summed E-state index contributed by atoms with van der Waals surface area (Å²) in [5.74, 6) is -0.0764. The van der Waals surface area contributed by atoms with E-state index in [1.807, 2.05) is 6.92 Å². The molecule has 0 aliphatic heterocycles. The fraction of sp³-hybridized carbons (Fsp3) is 0.750. The van der Waals surface area contributed by atoms with Crippen molar-refractivity contribution in [2.45, 2.75) is 45.4 Å². The average molecular weight is 214 g/mol. The Bertz CT molecular complexity index is 166. The topological polar surface area (TPSA) is 35.5 Å². The van der Waals surface area contributed by atoms with Crippen molar-refractivity contribution < 1.29 is 14.3 Å². The number of carbonyl (C=O) groups is 1. The van der Waals surface area contributed by atoms with Gasteiger partial charge in [0.15, 0.2) is 0 Å². The molecule has 15 heavy (non-hydrogen) atoms. The number of unbranched alkanes of at least 4 members (excludes halogenated alkanes) is 3. The Morgan fingerprint density at radius 2 is 1.87 bits per heavy atom. The summed E-state index contributed by atoms with van der Waals surface area (Å²) in [6.45, 7) is 6.73. The zero-order valence-corrected chi connectivity index (χ0v) is 9.67. The molecule has 0 saturated carbocycles. The van der Waals surface area contributed by atoms with Crippen molar-refractivity contribution in [3.8, 4) is 0 Å². The lowest BCUT2D eigenvalue weighted by Crippen LogP contribution is -2.04. The third kappa shape index (κ3) is 10.9. The van der Waals surface area contributed by atoms with Crippen LogP contribution in [0.5, 0.6) is 0 Å². The highest BCUT2D eigenvalue weighted by Crippen LogP contribution is 2.01. The van der Waals surface area contributed by atoms with Crippen LogP contribution in [0.3, 0.4) is 0 Å². The summed E-state index contributed by atoms with van der Waals surface area (Å²) in [5.41, 5.74) is 0. The van der Waals surface area contributed by atoms with Crippen molar-refractivity contribution in [1.29, 1.82) is 0 Å². The van der Waals surface area contributed by atoms with Gasteiger partial charge in [0.2, 0.25) is 0 Å². The van der Waals surface area contributed by atoms with Crippen molar-refractivity contribution in [2.75, 3.05) is 13.2 Å².